The van der Waals surface area contributed by atoms with E-state index < -0.39 is 5.82 Å². The van der Waals surface area contributed by atoms with Gasteiger partial charge in [-0.15, -0.1) is 0 Å². The summed E-state index contributed by atoms with van der Waals surface area (Å²) in [5, 5.41) is 7.91. The van der Waals surface area contributed by atoms with Gasteiger partial charge >= 0.3 is 0 Å². The van der Waals surface area contributed by atoms with E-state index in [1.54, 1.807) is 12.4 Å². The number of rotatable bonds is 4. The molecule has 0 amide bonds. The number of fused-ring (bicyclic) bond motifs is 2. The minimum atomic E-state index is -0.392. The van der Waals surface area contributed by atoms with Crippen molar-refractivity contribution in [3.63, 3.8) is 0 Å². The van der Waals surface area contributed by atoms with Crippen LogP contribution in [0.2, 0.25) is 0 Å². The minimum Gasteiger partial charge on any atom is -0.376 e. The lowest BCUT2D eigenvalue weighted by Gasteiger charge is -2.27. The zero-order valence-corrected chi connectivity index (χ0v) is 19.1. The molecule has 1 saturated heterocycles. The fourth-order valence-corrected chi connectivity index (χ4v) is 4.63. The number of anilines is 2. The highest BCUT2D eigenvalue weighted by atomic mass is 19.1. The van der Waals surface area contributed by atoms with Crippen molar-refractivity contribution < 1.29 is 4.39 Å². The number of imidazole rings is 1. The summed E-state index contributed by atoms with van der Waals surface area (Å²) in [5.41, 5.74) is 5.16. The number of hydrogen-bond donors (Lipinski definition) is 2. The van der Waals surface area contributed by atoms with E-state index in [-0.39, 0.29) is 5.52 Å². The molecule has 0 radical (unpaired) electrons. The fourth-order valence-electron chi connectivity index (χ4n) is 4.63. The summed E-state index contributed by atoms with van der Waals surface area (Å²) in [4.78, 5) is 21.5. The third-order valence-electron chi connectivity index (χ3n) is 6.46. The van der Waals surface area contributed by atoms with Crippen LogP contribution in [0.3, 0.4) is 0 Å². The van der Waals surface area contributed by atoms with Gasteiger partial charge in [-0.3, -0.25) is 10.1 Å². The topological polar surface area (TPSA) is 89.6 Å². The van der Waals surface area contributed by atoms with Crippen LogP contribution in [0.25, 0.3) is 44.6 Å². The first-order valence-corrected chi connectivity index (χ1v) is 11.5. The van der Waals surface area contributed by atoms with Crippen LogP contribution in [0.4, 0.5) is 15.9 Å². The molecule has 0 spiro atoms. The average molecular weight is 457 g/mol. The Morgan fingerprint density at radius 2 is 1.85 bits per heavy atom. The van der Waals surface area contributed by atoms with Crippen LogP contribution in [0.15, 0.2) is 42.9 Å². The van der Waals surface area contributed by atoms with Crippen LogP contribution in [-0.4, -0.2) is 57.3 Å². The lowest BCUT2D eigenvalue weighted by atomic mass is 10.0. The van der Waals surface area contributed by atoms with Gasteiger partial charge < -0.3 is 14.8 Å². The molecule has 1 fully saturated rings. The summed E-state index contributed by atoms with van der Waals surface area (Å²) < 4.78 is 15.1. The highest BCUT2D eigenvalue weighted by Gasteiger charge is 2.20. The van der Waals surface area contributed by atoms with Gasteiger partial charge in [0.25, 0.3) is 0 Å². The number of aromatic amines is 2. The number of aromatic nitrogens is 6. The van der Waals surface area contributed by atoms with E-state index in [4.69, 9.17) is 4.98 Å². The van der Waals surface area contributed by atoms with Gasteiger partial charge in [0.05, 0.1) is 17.4 Å². The summed E-state index contributed by atoms with van der Waals surface area (Å²) in [7, 11) is 3.90. The third kappa shape index (κ3) is 3.44. The van der Waals surface area contributed by atoms with E-state index in [0.717, 1.165) is 59.6 Å². The van der Waals surface area contributed by atoms with Crippen molar-refractivity contribution in [2.24, 2.45) is 0 Å². The van der Waals surface area contributed by atoms with Crippen LogP contribution >= 0.6 is 0 Å². The van der Waals surface area contributed by atoms with Crippen molar-refractivity contribution in [3.8, 4) is 22.6 Å². The third-order valence-corrected chi connectivity index (χ3v) is 6.46. The Hall–Kier alpha value is -4.01. The maximum absolute atomic E-state index is 15.1. The van der Waals surface area contributed by atoms with Gasteiger partial charge in [0.15, 0.2) is 17.5 Å². The van der Waals surface area contributed by atoms with E-state index in [2.05, 4.69) is 30.0 Å². The molecule has 0 unspecified atom stereocenters. The predicted molar refractivity (Wildman–Crippen MR) is 133 cm³/mol. The van der Waals surface area contributed by atoms with E-state index in [9.17, 15) is 0 Å². The Balaban J connectivity index is 1.47. The van der Waals surface area contributed by atoms with Crippen molar-refractivity contribution in [1.29, 1.82) is 0 Å². The fraction of sp³-hybridized carbons (Fsp3) is 0.280. The average Bonchev–Trinajstić information content (AvgIpc) is 3.49. The zero-order chi connectivity index (χ0) is 23.2. The standard InChI is InChI=1S/C25H25FN8/c1-33(2)17-10-16(13-27-14-17)15-11-18-21(19(26)12-15)31-32-22(18)24-29-20-6-7-28-25(23(20)30-24)34-8-4-3-5-9-34/h6-7,10-14H,3-5,8-9H2,1-2H3,(H,29,30)(H,31,32). The molecular formula is C25H25FN8. The molecule has 1 aromatic carbocycles. The summed E-state index contributed by atoms with van der Waals surface area (Å²) in [5.74, 6) is 1.11. The number of nitrogens with one attached hydrogen (secondary N) is 2. The number of H-pyrrole nitrogens is 2. The molecule has 0 saturated carbocycles. The molecule has 9 heteroatoms. The molecule has 1 aliphatic heterocycles. The Morgan fingerprint density at radius 1 is 1.00 bits per heavy atom. The predicted octanol–water partition coefficient (Wildman–Crippen LogP) is 4.76. The lowest BCUT2D eigenvalue weighted by molar-refractivity contribution is 0.574. The molecule has 5 aromatic rings. The zero-order valence-electron chi connectivity index (χ0n) is 19.1. The number of nitrogens with zero attached hydrogens (tertiary/aromatic N) is 6. The highest BCUT2D eigenvalue weighted by molar-refractivity contribution is 5.97. The minimum absolute atomic E-state index is 0.283. The second-order valence-electron chi connectivity index (χ2n) is 8.94. The molecule has 34 heavy (non-hydrogen) atoms. The van der Waals surface area contributed by atoms with Gasteiger partial charge in [0.2, 0.25) is 0 Å². The first-order valence-electron chi connectivity index (χ1n) is 11.5. The van der Waals surface area contributed by atoms with Crippen LogP contribution < -0.4 is 9.80 Å². The smallest absolute Gasteiger partial charge is 0.157 e. The van der Waals surface area contributed by atoms with Crippen LogP contribution in [0, 0.1) is 5.82 Å². The molecule has 0 aliphatic carbocycles. The second kappa shape index (κ2) is 8.09. The van der Waals surface area contributed by atoms with Crippen molar-refractivity contribution >= 4 is 33.4 Å². The monoisotopic (exact) mass is 456 g/mol. The van der Waals surface area contributed by atoms with E-state index in [0.29, 0.717) is 16.9 Å². The molecular weight excluding hydrogens is 431 g/mol. The SMILES string of the molecule is CN(C)c1cncc(-c2cc(F)c3n[nH]c(-c4nc5c(N6CCCCC6)nccc5[nH]4)c3c2)c1. The van der Waals surface area contributed by atoms with Gasteiger partial charge in [0, 0.05) is 50.5 Å². The number of hydrogen-bond acceptors (Lipinski definition) is 6. The van der Waals surface area contributed by atoms with Gasteiger partial charge in [-0.05, 0) is 49.1 Å². The molecule has 0 atom stereocenters. The Labute approximate surface area is 195 Å². The number of pyridine rings is 2. The van der Waals surface area contributed by atoms with Gasteiger partial charge in [-0.25, -0.2) is 14.4 Å². The van der Waals surface area contributed by atoms with E-state index in [1.807, 2.05) is 43.4 Å². The molecule has 172 valence electrons. The highest BCUT2D eigenvalue weighted by Crippen LogP contribution is 2.34. The van der Waals surface area contributed by atoms with Crippen molar-refractivity contribution in [2.45, 2.75) is 19.3 Å². The summed E-state index contributed by atoms with van der Waals surface area (Å²) in [6, 6.07) is 7.35. The van der Waals surface area contributed by atoms with Gasteiger partial charge in [0.1, 0.15) is 16.7 Å². The molecule has 8 nitrogen and oxygen atoms in total. The van der Waals surface area contributed by atoms with Crippen LogP contribution in [-0.2, 0) is 0 Å². The maximum atomic E-state index is 15.1. The molecule has 1 aliphatic rings. The molecule has 5 heterocycles. The largest absolute Gasteiger partial charge is 0.376 e. The van der Waals surface area contributed by atoms with Crippen molar-refractivity contribution in [1.82, 2.24) is 30.1 Å². The molecule has 6 rings (SSSR count). The van der Waals surface area contributed by atoms with E-state index in [1.165, 1.54) is 12.5 Å². The Bertz CT molecular complexity index is 1500. The Morgan fingerprint density at radius 3 is 2.68 bits per heavy atom. The number of halogens is 1. The summed E-state index contributed by atoms with van der Waals surface area (Å²) in [6.07, 6.45) is 8.90. The second-order valence-corrected chi connectivity index (χ2v) is 8.94. The normalized spacial score (nSPS) is 14.3. The first kappa shape index (κ1) is 20.6. The van der Waals surface area contributed by atoms with Gasteiger partial charge in [-0.1, -0.05) is 0 Å². The quantitative estimate of drug-likeness (QED) is 0.405. The van der Waals surface area contributed by atoms with Crippen molar-refractivity contribution in [2.75, 3.05) is 37.0 Å². The summed E-state index contributed by atoms with van der Waals surface area (Å²) in [6.45, 7) is 1.96. The lowest BCUT2D eigenvalue weighted by Crippen LogP contribution is -2.30. The maximum Gasteiger partial charge on any atom is 0.157 e. The number of benzene rings is 1. The summed E-state index contributed by atoms with van der Waals surface area (Å²) >= 11 is 0. The first-order chi connectivity index (χ1) is 16.6. The molecule has 0 bridgehead atoms. The molecule has 2 N–H and O–H groups in total. The number of piperidine rings is 1. The van der Waals surface area contributed by atoms with Crippen molar-refractivity contribution in [3.05, 3.63) is 48.7 Å². The Kier molecular flexibility index (Phi) is 4.90. The van der Waals surface area contributed by atoms with Crippen LogP contribution in [0.1, 0.15) is 19.3 Å². The van der Waals surface area contributed by atoms with Gasteiger partial charge in [-0.2, -0.15) is 5.10 Å². The van der Waals surface area contributed by atoms with E-state index >= 15 is 4.39 Å². The van der Waals surface area contributed by atoms with Crippen LogP contribution in [0.5, 0.6) is 0 Å². The molecule has 4 aromatic heterocycles.